The van der Waals surface area contributed by atoms with Crippen molar-refractivity contribution in [2.24, 2.45) is 0 Å². The van der Waals surface area contributed by atoms with Gasteiger partial charge < -0.3 is 10.2 Å². The molecule has 1 unspecified atom stereocenters. The zero-order valence-electron chi connectivity index (χ0n) is 11.6. The van der Waals surface area contributed by atoms with Crippen LogP contribution in [0.2, 0.25) is 5.28 Å². The normalized spacial score (nSPS) is 17.1. The largest absolute Gasteiger partial charge is 0.360 e. The fourth-order valence-corrected chi connectivity index (χ4v) is 2.69. The first-order valence-electron chi connectivity index (χ1n) is 6.65. The SMILES string of the molecule is Cc1nc(Cl)nc(NC(C)CN2CCCC2)c1[N+](=O)[O-]. The van der Waals surface area contributed by atoms with Crippen LogP contribution < -0.4 is 5.32 Å². The molecule has 1 atom stereocenters. The minimum Gasteiger partial charge on any atom is -0.360 e. The maximum Gasteiger partial charge on any atom is 0.332 e. The van der Waals surface area contributed by atoms with Crippen molar-refractivity contribution in [2.45, 2.75) is 32.7 Å². The summed E-state index contributed by atoms with van der Waals surface area (Å²) in [6.45, 7) is 6.53. The Balaban J connectivity index is 2.12. The number of aromatic nitrogens is 2. The Kier molecular flexibility index (Phi) is 4.72. The van der Waals surface area contributed by atoms with Gasteiger partial charge in [0, 0.05) is 12.6 Å². The molecule has 7 nitrogen and oxygen atoms in total. The Labute approximate surface area is 122 Å². The van der Waals surface area contributed by atoms with Gasteiger partial charge in [0.1, 0.15) is 5.69 Å². The highest BCUT2D eigenvalue weighted by Gasteiger charge is 2.23. The van der Waals surface area contributed by atoms with Gasteiger partial charge in [0.2, 0.25) is 11.1 Å². The van der Waals surface area contributed by atoms with Crippen molar-refractivity contribution in [1.82, 2.24) is 14.9 Å². The number of anilines is 1. The Bertz CT molecular complexity index is 505. The van der Waals surface area contributed by atoms with Crippen LogP contribution in [0.1, 0.15) is 25.5 Å². The van der Waals surface area contributed by atoms with E-state index in [0.717, 1.165) is 19.6 Å². The van der Waals surface area contributed by atoms with Gasteiger partial charge in [0.25, 0.3) is 0 Å². The molecule has 0 aromatic carbocycles. The van der Waals surface area contributed by atoms with Crippen molar-refractivity contribution >= 4 is 23.1 Å². The van der Waals surface area contributed by atoms with E-state index >= 15 is 0 Å². The summed E-state index contributed by atoms with van der Waals surface area (Å²) in [5, 5.41) is 14.2. The summed E-state index contributed by atoms with van der Waals surface area (Å²) in [7, 11) is 0. The monoisotopic (exact) mass is 299 g/mol. The van der Waals surface area contributed by atoms with E-state index in [0.29, 0.717) is 0 Å². The van der Waals surface area contributed by atoms with Crippen LogP contribution in [0, 0.1) is 17.0 Å². The second kappa shape index (κ2) is 6.32. The highest BCUT2D eigenvalue weighted by atomic mass is 35.5. The van der Waals surface area contributed by atoms with Crippen molar-refractivity contribution < 1.29 is 4.92 Å². The summed E-state index contributed by atoms with van der Waals surface area (Å²) in [6.07, 6.45) is 2.43. The lowest BCUT2D eigenvalue weighted by Crippen LogP contribution is -2.33. The zero-order valence-corrected chi connectivity index (χ0v) is 12.4. The first kappa shape index (κ1) is 14.9. The van der Waals surface area contributed by atoms with Crippen LogP contribution in [-0.4, -0.2) is 45.5 Å². The van der Waals surface area contributed by atoms with Crippen LogP contribution in [0.15, 0.2) is 0 Å². The van der Waals surface area contributed by atoms with Crippen LogP contribution in [0.3, 0.4) is 0 Å². The van der Waals surface area contributed by atoms with E-state index in [1.807, 2.05) is 6.92 Å². The molecule has 1 aliphatic heterocycles. The molecular formula is C12H18ClN5O2. The molecule has 1 aromatic rings. The number of nitrogens with one attached hydrogen (secondary N) is 1. The van der Waals surface area contributed by atoms with Crippen LogP contribution in [0.4, 0.5) is 11.5 Å². The molecule has 0 bridgehead atoms. The number of rotatable bonds is 5. The van der Waals surface area contributed by atoms with Gasteiger partial charge in [-0.05, 0) is 51.4 Å². The fraction of sp³-hybridized carbons (Fsp3) is 0.667. The molecule has 20 heavy (non-hydrogen) atoms. The van der Waals surface area contributed by atoms with Crippen molar-refractivity contribution in [1.29, 1.82) is 0 Å². The standard InChI is InChI=1S/C12H18ClN5O2/c1-8(7-17-5-3-4-6-17)14-11-10(18(19)20)9(2)15-12(13)16-11/h8H,3-7H2,1-2H3,(H,14,15,16). The molecule has 1 N–H and O–H groups in total. The lowest BCUT2D eigenvalue weighted by molar-refractivity contribution is -0.385. The summed E-state index contributed by atoms with van der Waals surface area (Å²) in [5.74, 6) is 0.194. The molecule has 1 aromatic heterocycles. The van der Waals surface area contributed by atoms with Gasteiger partial charge in [-0.25, -0.2) is 4.98 Å². The maximum atomic E-state index is 11.1. The van der Waals surface area contributed by atoms with Gasteiger partial charge in [-0.3, -0.25) is 10.1 Å². The lowest BCUT2D eigenvalue weighted by Gasteiger charge is -2.21. The molecule has 1 fully saturated rings. The smallest absolute Gasteiger partial charge is 0.332 e. The summed E-state index contributed by atoms with van der Waals surface area (Å²) >= 11 is 5.79. The summed E-state index contributed by atoms with van der Waals surface area (Å²) in [6, 6.07) is 0.0529. The lowest BCUT2D eigenvalue weighted by atomic mass is 10.3. The molecule has 110 valence electrons. The first-order valence-corrected chi connectivity index (χ1v) is 7.02. The minimum atomic E-state index is -0.476. The van der Waals surface area contributed by atoms with Gasteiger partial charge in [-0.1, -0.05) is 0 Å². The van der Waals surface area contributed by atoms with Crippen LogP contribution in [-0.2, 0) is 0 Å². The van der Waals surface area contributed by atoms with Gasteiger partial charge >= 0.3 is 5.69 Å². The summed E-state index contributed by atoms with van der Waals surface area (Å²) < 4.78 is 0. The van der Waals surface area contributed by atoms with E-state index < -0.39 is 4.92 Å². The van der Waals surface area contributed by atoms with Gasteiger partial charge in [0.15, 0.2) is 0 Å². The second-order valence-electron chi connectivity index (χ2n) is 5.09. The van der Waals surface area contributed by atoms with E-state index in [-0.39, 0.29) is 28.5 Å². The quantitative estimate of drug-likeness (QED) is 0.510. The molecule has 1 aliphatic rings. The third-order valence-corrected chi connectivity index (χ3v) is 3.50. The van der Waals surface area contributed by atoms with Crippen LogP contribution >= 0.6 is 11.6 Å². The fourth-order valence-electron chi connectivity index (χ4n) is 2.48. The zero-order chi connectivity index (χ0) is 14.7. The van der Waals surface area contributed by atoms with Crippen molar-refractivity contribution in [2.75, 3.05) is 25.0 Å². The molecular weight excluding hydrogens is 282 g/mol. The number of aryl methyl sites for hydroxylation is 1. The average molecular weight is 300 g/mol. The predicted octanol–water partition coefficient (Wildman–Crippen LogP) is 2.24. The molecule has 0 saturated carbocycles. The molecule has 8 heteroatoms. The molecule has 2 heterocycles. The Morgan fingerprint density at radius 3 is 2.70 bits per heavy atom. The van der Waals surface area contributed by atoms with E-state index in [4.69, 9.17) is 11.6 Å². The third-order valence-electron chi connectivity index (χ3n) is 3.33. The molecule has 0 radical (unpaired) electrons. The van der Waals surface area contributed by atoms with Gasteiger partial charge in [-0.2, -0.15) is 4.98 Å². The number of hydrogen-bond donors (Lipinski definition) is 1. The number of halogens is 1. The number of hydrogen-bond acceptors (Lipinski definition) is 6. The Hall–Kier alpha value is -1.47. The average Bonchev–Trinajstić information content (AvgIpc) is 2.79. The highest BCUT2D eigenvalue weighted by molar-refractivity contribution is 6.28. The van der Waals surface area contributed by atoms with Crippen molar-refractivity contribution in [3.8, 4) is 0 Å². The molecule has 1 saturated heterocycles. The number of nitrogens with zero attached hydrogens (tertiary/aromatic N) is 4. The molecule has 0 spiro atoms. The van der Waals surface area contributed by atoms with E-state index in [1.165, 1.54) is 12.8 Å². The number of likely N-dealkylation sites (tertiary alicyclic amines) is 1. The van der Waals surface area contributed by atoms with E-state index in [9.17, 15) is 10.1 Å². The summed E-state index contributed by atoms with van der Waals surface area (Å²) in [5.41, 5.74) is 0.161. The third kappa shape index (κ3) is 3.55. The Morgan fingerprint density at radius 2 is 2.10 bits per heavy atom. The van der Waals surface area contributed by atoms with Crippen molar-refractivity contribution in [3.63, 3.8) is 0 Å². The van der Waals surface area contributed by atoms with E-state index in [1.54, 1.807) is 6.92 Å². The van der Waals surface area contributed by atoms with Crippen LogP contribution in [0.5, 0.6) is 0 Å². The van der Waals surface area contributed by atoms with Gasteiger partial charge in [-0.15, -0.1) is 0 Å². The topological polar surface area (TPSA) is 84.2 Å². The summed E-state index contributed by atoms with van der Waals surface area (Å²) in [4.78, 5) is 20.7. The highest BCUT2D eigenvalue weighted by Crippen LogP contribution is 2.27. The molecule has 0 aliphatic carbocycles. The second-order valence-corrected chi connectivity index (χ2v) is 5.42. The van der Waals surface area contributed by atoms with E-state index in [2.05, 4.69) is 20.2 Å². The predicted molar refractivity (Wildman–Crippen MR) is 77.2 cm³/mol. The van der Waals surface area contributed by atoms with Crippen molar-refractivity contribution in [3.05, 3.63) is 21.1 Å². The first-order chi connectivity index (χ1) is 9.47. The number of nitro groups is 1. The minimum absolute atomic E-state index is 0.0176. The Morgan fingerprint density at radius 1 is 1.45 bits per heavy atom. The molecule has 2 rings (SSSR count). The van der Waals surface area contributed by atoms with Gasteiger partial charge in [0.05, 0.1) is 4.92 Å². The maximum absolute atomic E-state index is 11.1. The van der Waals surface area contributed by atoms with Crippen LogP contribution in [0.25, 0.3) is 0 Å². The molecule has 0 amide bonds.